The highest BCUT2D eigenvalue weighted by molar-refractivity contribution is 7.89. The Bertz CT molecular complexity index is 1310. The van der Waals surface area contributed by atoms with Gasteiger partial charge in [-0.15, -0.1) is 0 Å². The predicted octanol–water partition coefficient (Wildman–Crippen LogP) is 1.92. The Labute approximate surface area is 192 Å². The quantitative estimate of drug-likeness (QED) is 0.591. The normalized spacial score (nSPS) is 14.8. The second-order valence-corrected chi connectivity index (χ2v) is 9.75. The van der Waals surface area contributed by atoms with Crippen molar-refractivity contribution >= 4 is 32.7 Å². The average Bonchev–Trinajstić information content (AvgIpc) is 2.84. The number of carbonyl (C=O) groups excluding carboxylic acids is 1. The molecular formula is C23H27N5O4S. The van der Waals surface area contributed by atoms with E-state index in [0.717, 1.165) is 5.82 Å². The van der Waals surface area contributed by atoms with Crippen LogP contribution in [0.15, 0.2) is 58.4 Å². The lowest BCUT2D eigenvalue weighted by molar-refractivity contribution is 0.0748. The number of hydrogen-bond donors (Lipinski definition) is 1. The first kappa shape index (κ1) is 22.9. The van der Waals surface area contributed by atoms with Gasteiger partial charge in [-0.25, -0.2) is 13.4 Å². The highest BCUT2D eigenvalue weighted by Gasteiger charge is 2.26. The number of piperazine rings is 1. The van der Waals surface area contributed by atoms with Crippen molar-refractivity contribution in [3.8, 4) is 0 Å². The number of benzene rings is 1. The molecule has 0 radical (unpaired) electrons. The third-order valence-corrected chi connectivity index (χ3v) is 7.97. The van der Waals surface area contributed by atoms with Gasteiger partial charge in [0.2, 0.25) is 15.6 Å². The second kappa shape index (κ2) is 9.32. The average molecular weight is 470 g/mol. The van der Waals surface area contributed by atoms with Crippen LogP contribution >= 0.6 is 0 Å². The summed E-state index contributed by atoms with van der Waals surface area (Å²) in [6.45, 7) is 6.42. The molecule has 1 aromatic carbocycles. The van der Waals surface area contributed by atoms with Crippen LogP contribution in [0.5, 0.6) is 0 Å². The van der Waals surface area contributed by atoms with Gasteiger partial charge in [0.25, 0.3) is 5.91 Å². The van der Waals surface area contributed by atoms with Gasteiger partial charge in [-0.1, -0.05) is 19.9 Å². The van der Waals surface area contributed by atoms with Crippen molar-refractivity contribution in [3.63, 3.8) is 0 Å². The first-order valence-electron chi connectivity index (χ1n) is 11.0. The van der Waals surface area contributed by atoms with E-state index in [4.69, 9.17) is 0 Å². The summed E-state index contributed by atoms with van der Waals surface area (Å²) in [6, 6.07) is 11.5. The number of sulfonamides is 1. The van der Waals surface area contributed by atoms with Crippen LogP contribution in [0.3, 0.4) is 0 Å². The Morgan fingerprint density at radius 1 is 1.06 bits per heavy atom. The second-order valence-electron chi connectivity index (χ2n) is 7.81. The molecule has 33 heavy (non-hydrogen) atoms. The van der Waals surface area contributed by atoms with E-state index in [-0.39, 0.29) is 16.4 Å². The van der Waals surface area contributed by atoms with Crippen LogP contribution in [0.1, 0.15) is 24.2 Å². The van der Waals surface area contributed by atoms with Crippen molar-refractivity contribution in [3.05, 3.63) is 64.6 Å². The van der Waals surface area contributed by atoms with Crippen molar-refractivity contribution in [2.24, 2.45) is 0 Å². The highest BCUT2D eigenvalue weighted by atomic mass is 32.2. The third-order valence-electron chi connectivity index (χ3n) is 5.93. The molecule has 1 fully saturated rings. The number of rotatable bonds is 6. The maximum Gasteiger partial charge on any atom is 0.254 e. The molecule has 4 rings (SSSR count). The number of H-pyrrole nitrogens is 1. The number of nitrogens with zero attached hydrogens (tertiary/aromatic N) is 4. The predicted molar refractivity (Wildman–Crippen MR) is 127 cm³/mol. The molecule has 3 aromatic rings. The largest absolute Gasteiger partial charge is 0.353 e. The lowest BCUT2D eigenvalue weighted by Crippen LogP contribution is -2.49. The molecule has 1 amide bonds. The van der Waals surface area contributed by atoms with Crippen LogP contribution in [0.25, 0.3) is 10.9 Å². The highest BCUT2D eigenvalue weighted by Crippen LogP contribution is 2.24. The Kier molecular flexibility index (Phi) is 6.48. The van der Waals surface area contributed by atoms with E-state index in [1.54, 1.807) is 31.0 Å². The van der Waals surface area contributed by atoms with E-state index in [9.17, 15) is 18.0 Å². The molecule has 10 heteroatoms. The van der Waals surface area contributed by atoms with E-state index >= 15 is 0 Å². The summed E-state index contributed by atoms with van der Waals surface area (Å²) in [4.78, 5) is 36.6. The maximum absolute atomic E-state index is 13.4. The number of aromatic nitrogens is 2. The minimum Gasteiger partial charge on any atom is -0.353 e. The number of anilines is 1. The van der Waals surface area contributed by atoms with E-state index in [2.05, 4.69) is 14.9 Å². The number of hydrogen-bond acceptors (Lipinski definition) is 6. The van der Waals surface area contributed by atoms with Gasteiger partial charge in [0.1, 0.15) is 5.82 Å². The summed E-state index contributed by atoms with van der Waals surface area (Å²) >= 11 is 0. The molecule has 3 heterocycles. The maximum atomic E-state index is 13.4. The lowest BCUT2D eigenvalue weighted by atomic mass is 10.1. The van der Waals surface area contributed by atoms with Gasteiger partial charge in [0.15, 0.2) is 0 Å². The minimum absolute atomic E-state index is 0.0970. The standard InChI is InChI=1S/C23H27N5O4S/c1-3-28(4-2)33(31,32)17-8-9-20-18(15-17)19(16-22(29)25-20)23(30)27-13-11-26(12-14-27)21-7-5-6-10-24-21/h5-10,15-16H,3-4,11-14H2,1-2H3,(H,25,29). The van der Waals surface area contributed by atoms with Crippen LogP contribution < -0.4 is 10.5 Å². The van der Waals surface area contributed by atoms with Gasteiger partial charge < -0.3 is 14.8 Å². The molecule has 0 unspecified atom stereocenters. The first-order chi connectivity index (χ1) is 15.8. The fourth-order valence-electron chi connectivity index (χ4n) is 4.13. The molecule has 0 bridgehead atoms. The van der Waals surface area contributed by atoms with Crippen molar-refractivity contribution in [1.82, 2.24) is 19.2 Å². The fourth-order valence-corrected chi connectivity index (χ4v) is 5.62. The number of amides is 1. The van der Waals surface area contributed by atoms with E-state index in [1.165, 1.54) is 22.5 Å². The zero-order valence-electron chi connectivity index (χ0n) is 18.7. The van der Waals surface area contributed by atoms with Crippen molar-refractivity contribution < 1.29 is 13.2 Å². The van der Waals surface area contributed by atoms with Gasteiger partial charge in [0.05, 0.1) is 10.5 Å². The van der Waals surface area contributed by atoms with Gasteiger partial charge in [0, 0.05) is 62.4 Å². The molecule has 0 atom stereocenters. The molecule has 1 aliphatic rings. The minimum atomic E-state index is -3.71. The summed E-state index contributed by atoms with van der Waals surface area (Å²) < 4.78 is 27.4. The van der Waals surface area contributed by atoms with Crippen LogP contribution in [0.4, 0.5) is 5.82 Å². The Morgan fingerprint density at radius 2 is 1.79 bits per heavy atom. The van der Waals surface area contributed by atoms with Crippen LogP contribution in [0, 0.1) is 0 Å². The van der Waals surface area contributed by atoms with Gasteiger partial charge in [-0.3, -0.25) is 9.59 Å². The van der Waals surface area contributed by atoms with Crippen molar-refractivity contribution in [2.75, 3.05) is 44.2 Å². The molecule has 174 valence electrons. The Balaban J connectivity index is 1.66. The van der Waals surface area contributed by atoms with E-state index in [0.29, 0.717) is 50.2 Å². The molecular weight excluding hydrogens is 442 g/mol. The lowest BCUT2D eigenvalue weighted by Gasteiger charge is -2.35. The van der Waals surface area contributed by atoms with Gasteiger partial charge in [-0.2, -0.15) is 4.31 Å². The summed E-state index contributed by atoms with van der Waals surface area (Å²) in [6.07, 6.45) is 1.74. The molecule has 2 aromatic heterocycles. The molecule has 0 saturated carbocycles. The number of pyridine rings is 2. The topological polar surface area (TPSA) is 107 Å². The monoisotopic (exact) mass is 469 g/mol. The summed E-state index contributed by atoms with van der Waals surface area (Å²) in [5.41, 5.74) is 0.227. The SMILES string of the molecule is CCN(CC)S(=O)(=O)c1ccc2[nH]c(=O)cc(C(=O)N3CCN(c4ccccn4)CC3)c2c1. The number of nitrogens with one attached hydrogen (secondary N) is 1. The summed E-state index contributed by atoms with van der Waals surface area (Å²) in [5.74, 6) is 0.571. The smallest absolute Gasteiger partial charge is 0.254 e. The molecule has 1 N–H and O–H groups in total. The fraction of sp³-hybridized carbons (Fsp3) is 0.348. The number of carbonyl (C=O) groups is 1. The molecule has 9 nitrogen and oxygen atoms in total. The van der Waals surface area contributed by atoms with Crippen LogP contribution in [-0.2, 0) is 10.0 Å². The zero-order chi connectivity index (χ0) is 23.6. The Morgan fingerprint density at radius 3 is 2.42 bits per heavy atom. The Hall–Kier alpha value is -3.24. The van der Waals surface area contributed by atoms with Gasteiger partial charge in [-0.05, 0) is 30.3 Å². The van der Waals surface area contributed by atoms with Crippen LogP contribution in [0.2, 0.25) is 0 Å². The van der Waals surface area contributed by atoms with Gasteiger partial charge >= 0.3 is 0 Å². The van der Waals surface area contributed by atoms with E-state index in [1.807, 2.05) is 18.2 Å². The first-order valence-corrected chi connectivity index (χ1v) is 12.4. The molecule has 0 spiro atoms. The zero-order valence-corrected chi connectivity index (χ0v) is 19.5. The molecule has 1 aliphatic heterocycles. The summed E-state index contributed by atoms with van der Waals surface area (Å²) in [7, 11) is -3.71. The third kappa shape index (κ3) is 4.49. The number of aromatic amines is 1. The molecule has 0 aliphatic carbocycles. The van der Waals surface area contributed by atoms with Crippen molar-refractivity contribution in [1.29, 1.82) is 0 Å². The van der Waals surface area contributed by atoms with Crippen molar-refractivity contribution in [2.45, 2.75) is 18.7 Å². The van der Waals surface area contributed by atoms with E-state index < -0.39 is 15.6 Å². The molecule has 1 saturated heterocycles. The number of fused-ring (bicyclic) bond motifs is 1. The van der Waals surface area contributed by atoms with Crippen LogP contribution in [-0.4, -0.2) is 72.8 Å². The summed E-state index contributed by atoms with van der Waals surface area (Å²) in [5, 5.41) is 0.417.